The van der Waals surface area contributed by atoms with Gasteiger partial charge in [0, 0.05) is 0 Å². The van der Waals surface area contributed by atoms with E-state index >= 15 is 0 Å². The van der Waals surface area contributed by atoms with Crippen LogP contribution in [0.3, 0.4) is 0 Å². The number of thioether (sulfide) groups is 1. The van der Waals surface area contributed by atoms with Crippen molar-refractivity contribution >= 4 is 46.3 Å². The zero-order valence-electron chi connectivity index (χ0n) is 11.9. The van der Waals surface area contributed by atoms with Crippen molar-refractivity contribution in [3.63, 3.8) is 0 Å². The third-order valence-corrected chi connectivity index (χ3v) is 4.38. The van der Waals surface area contributed by atoms with Crippen molar-refractivity contribution in [1.82, 2.24) is 4.90 Å². The Morgan fingerprint density at radius 2 is 2.36 bits per heavy atom. The monoisotopic (exact) mass is 337 g/mol. The molecule has 0 aliphatic carbocycles. The third-order valence-electron chi connectivity index (χ3n) is 3.03. The molecule has 1 aliphatic heterocycles. The number of furan rings is 1. The van der Waals surface area contributed by atoms with Gasteiger partial charge in [-0.15, -0.1) is 0 Å². The van der Waals surface area contributed by atoms with Crippen molar-refractivity contribution in [2.75, 3.05) is 0 Å². The van der Waals surface area contributed by atoms with Gasteiger partial charge in [-0.05, 0) is 30.7 Å². The summed E-state index contributed by atoms with van der Waals surface area (Å²) in [5.74, 6) is -0.730. The average Bonchev–Trinajstić information content (AvgIpc) is 3.06. The van der Waals surface area contributed by atoms with Gasteiger partial charge in [-0.1, -0.05) is 43.4 Å². The first kappa shape index (κ1) is 16.5. The van der Waals surface area contributed by atoms with Crippen LogP contribution >= 0.6 is 24.0 Å². The molecule has 5 nitrogen and oxygen atoms in total. The van der Waals surface area contributed by atoms with Gasteiger partial charge in [0.2, 0.25) is 0 Å². The highest BCUT2D eigenvalue weighted by atomic mass is 32.2. The number of aliphatic carboxylic acids is 1. The molecule has 1 aromatic rings. The predicted molar refractivity (Wildman–Crippen MR) is 89.2 cm³/mol. The Balaban J connectivity index is 2.15. The summed E-state index contributed by atoms with van der Waals surface area (Å²) in [5, 5.41) is 9.28. The zero-order chi connectivity index (χ0) is 16.1. The lowest BCUT2D eigenvalue weighted by atomic mass is 10.1. The molecule has 1 atom stereocenters. The number of thiocarbonyl (C=S) groups is 1. The van der Waals surface area contributed by atoms with Crippen LogP contribution in [0.4, 0.5) is 0 Å². The Hall–Kier alpha value is -1.86. The molecule has 2 heterocycles. The van der Waals surface area contributed by atoms with Crippen LogP contribution in [-0.4, -0.2) is 32.2 Å². The molecule has 0 aromatic carbocycles. The van der Waals surface area contributed by atoms with Gasteiger partial charge < -0.3 is 9.52 Å². The van der Waals surface area contributed by atoms with Crippen molar-refractivity contribution < 1.29 is 19.1 Å². The first-order valence-electron chi connectivity index (χ1n) is 6.74. The summed E-state index contributed by atoms with van der Waals surface area (Å²) in [4.78, 5) is 25.3. The molecule has 1 amide bonds. The van der Waals surface area contributed by atoms with Gasteiger partial charge in [-0.25, -0.2) is 4.79 Å². The second kappa shape index (κ2) is 7.42. The van der Waals surface area contributed by atoms with Crippen LogP contribution in [0.1, 0.15) is 25.5 Å². The molecule has 2 rings (SSSR count). The van der Waals surface area contributed by atoms with Crippen molar-refractivity contribution in [3.8, 4) is 0 Å². The lowest BCUT2D eigenvalue weighted by Crippen LogP contribution is -2.43. The molecule has 116 valence electrons. The molecule has 22 heavy (non-hydrogen) atoms. The fourth-order valence-electron chi connectivity index (χ4n) is 2.02. The molecule has 0 unspecified atom stereocenters. The molecule has 1 N–H and O–H groups in total. The largest absolute Gasteiger partial charge is 0.480 e. The van der Waals surface area contributed by atoms with E-state index < -0.39 is 12.0 Å². The van der Waals surface area contributed by atoms with Gasteiger partial charge in [-0.3, -0.25) is 9.69 Å². The molecular formula is C15H15NO4S2. The summed E-state index contributed by atoms with van der Waals surface area (Å²) >= 11 is 6.27. The number of rotatable bonds is 6. The van der Waals surface area contributed by atoms with Crippen molar-refractivity contribution in [1.29, 1.82) is 0 Å². The Kier molecular flexibility index (Phi) is 5.57. The van der Waals surface area contributed by atoms with Crippen molar-refractivity contribution in [2.45, 2.75) is 25.8 Å². The van der Waals surface area contributed by atoms with Crippen LogP contribution in [0.25, 0.3) is 6.08 Å². The molecule has 0 bridgehead atoms. The number of hydrogen-bond donors (Lipinski definition) is 1. The minimum Gasteiger partial charge on any atom is -0.480 e. The topological polar surface area (TPSA) is 70.8 Å². The molecule has 1 saturated heterocycles. The summed E-state index contributed by atoms with van der Waals surface area (Å²) < 4.78 is 5.43. The number of hydrogen-bond acceptors (Lipinski definition) is 5. The number of nitrogens with zero attached hydrogens (tertiary/aromatic N) is 1. The average molecular weight is 337 g/mol. The smallest absolute Gasteiger partial charge is 0.326 e. The van der Waals surface area contributed by atoms with Crippen molar-refractivity contribution in [2.24, 2.45) is 0 Å². The van der Waals surface area contributed by atoms with Crippen LogP contribution in [0.15, 0.2) is 39.9 Å². The van der Waals surface area contributed by atoms with E-state index in [4.69, 9.17) is 16.6 Å². The maximum absolute atomic E-state index is 12.4. The lowest BCUT2D eigenvalue weighted by Gasteiger charge is -2.22. The van der Waals surface area contributed by atoms with Gasteiger partial charge in [0.05, 0.1) is 11.2 Å². The number of carbonyl (C=O) groups excluding carboxylic acids is 1. The normalized spacial score (nSPS) is 18.6. The maximum atomic E-state index is 12.4. The standard InChI is InChI=1S/C15H15NO4S2/c1-2-5-11(14(18)19)16-13(17)12(22-15(16)21)8-3-6-10-7-4-9-20-10/h3-4,6-9,11H,2,5H2,1H3,(H,18,19)/b6-3+,12-8+/t11-/m0/s1. The summed E-state index contributed by atoms with van der Waals surface area (Å²) in [5.41, 5.74) is 0. The Bertz CT molecular complexity index is 634. The van der Waals surface area contributed by atoms with E-state index in [-0.39, 0.29) is 10.2 Å². The molecule has 7 heteroatoms. The zero-order valence-corrected chi connectivity index (χ0v) is 13.5. The van der Waals surface area contributed by atoms with Crippen molar-refractivity contribution in [3.05, 3.63) is 41.2 Å². The SMILES string of the molecule is CCC[C@@H](C(=O)O)N1C(=O)/C(=C\C=C\c2ccco2)SC1=S. The molecule has 0 saturated carbocycles. The van der Waals surface area contributed by atoms with E-state index in [9.17, 15) is 14.7 Å². The quantitative estimate of drug-likeness (QED) is 0.634. The van der Waals surface area contributed by atoms with Gasteiger partial charge >= 0.3 is 5.97 Å². The highest BCUT2D eigenvalue weighted by molar-refractivity contribution is 8.26. The second-order valence-corrected chi connectivity index (χ2v) is 6.27. The summed E-state index contributed by atoms with van der Waals surface area (Å²) in [6.45, 7) is 1.87. The summed E-state index contributed by atoms with van der Waals surface area (Å²) in [6, 6.07) is 2.65. The van der Waals surface area contributed by atoms with E-state index in [0.29, 0.717) is 23.5 Å². The van der Waals surface area contributed by atoms with Crippen LogP contribution < -0.4 is 0 Å². The number of carboxylic acids is 1. The number of allylic oxidation sites excluding steroid dienone is 2. The van der Waals surface area contributed by atoms with Crippen LogP contribution in [-0.2, 0) is 9.59 Å². The fourth-order valence-corrected chi connectivity index (χ4v) is 3.32. The minimum absolute atomic E-state index is 0.281. The number of carbonyl (C=O) groups is 2. The van der Waals surface area contributed by atoms with E-state index in [1.807, 2.05) is 6.92 Å². The van der Waals surface area contributed by atoms with Gasteiger partial charge in [-0.2, -0.15) is 0 Å². The highest BCUT2D eigenvalue weighted by Gasteiger charge is 2.39. The molecular weight excluding hydrogens is 322 g/mol. The van der Waals surface area contributed by atoms with Gasteiger partial charge in [0.15, 0.2) is 0 Å². The Morgan fingerprint density at radius 1 is 1.59 bits per heavy atom. The second-order valence-electron chi connectivity index (χ2n) is 4.59. The number of carboxylic acid groups (broad SMARTS) is 1. The first-order chi connectivity index (χ1) is 10.5. The molecule has 1 aromatic heterocycles. The Labute approximate surface area is 137 Å². The van der Waals surface area contributed by atoms with E-state index in [1.54, 1.807) is 36.6 Å². The highest BCUT2D eigenvalue weighted by Crippen LogP contribution is 2.33. The van der Waals surface area contributed by atoms with E-state index in [1.165, 1.54) is 4.90 Å². The van der Waals surface area contributed by atoms with E-state index in [2.05, 4.69) is 0 Å². The molecule has 1 fully saturated rings. The number of amides is 1. The predicted octanol–water partition coefficient (Wildman–Crippen LogP) is 3.29. The molecule has 1 aliphatic rings. The minimum atomic E-state index is -1.04. The van der Waals surface area contributed by atoms with Crippen LogP contribution in [0.5, 0.6) is 0 Å². The van der Waals surface area contributed by atoms with Gasteiger partial charge in [0.1, 0.15) is 16.1 Å². The first-order valence-corrected chi connectivity index (χ1v) is 7.97. The van der Waals surface area contributed by atoms with Crippen LogP contribution in [0.2, 0.25) is 0 Å². The fraction of sp³-hybridized carbons (Fsp3) is 0.267. The Morgan fingerprint density at radius 3 is 2.95 bits per heavy atom. The lowest BCUT2D eigenvalue weighted by molar-refractivity contribution is -0.145. The van der Waals surface area contributed by atoms with Gasteiger partial charge in [0.25, 0.3) is 5.91 Å². The molecule has 0 spiro atoms. The summed E-state index contributed by atoms with van der Waals surface area (Å²) in [7, 11) is 0. The maximum Gasteiger partial charge on any atom is 0.326 e. The third kappa shape index (κ3) is 3.66. The van der Waals surface area contributed by atoms with E-state index in [0.717, 1.165) is 11.8 Å². The summed E-state index contributed by atoms with van der Waals surface area (Å²) in [6.07, 6.45) is 7.60. The van der Waals surface area contributed by atoms with Crippen LogP contribution in [0, 0.1) is 0 Å². The molecule has 0 radical (unpaired) electrons.